The van der Waals surface area contributed by atoms with Gasteiger partial charge in [-0.1, -0.05) is 59.7 Å². The van der Waals surface area contributed by atoms with Gasteiger partial charge in [0, 0.05) is 0 Å². The predicted molar refractivity (Wildman–Crippen MR) is 80.9 cm³/mol. The van der Waals surface area contributed by atoms with Crippen molar-refractivity contribution < 1.29 is 14.3 Å². The van der Waals surface area contributed by atoms with Crippen molar-refractivity contribution in [3.8, 4) is 0 Å². The monoisotopic (exact) mass is 282 g/mol. The standard InChI is InChI=1S/C18H18O3/c1-13-5-3-7-15(9-13)11-17(19)21-18(20)12-16-8-4-6-14(2)10-16/h3-10H,11-12H2,1-2H3. The smallest absolute Gasteiger partial charge is 0.317 e. The number of esters is 2. The highest BCUT2D eigenvalue weighted by Gasteiger charge is 2.12. The summed E-state index contributed by atoms with van der Waals surface area (Å²) in [5, 5.41) is 0. The van der Waals surface area contributed by atoms with Gasteiger partial charge in [-0.05, 0) is 25.0 Å². The predicted octanol–water partition coefficient (Wildman–Crippen LogP) is 3.16. The van der Waals surface area contributed by atoms with Crippen molar-refractivity contribution in [2.75, 3.05) is 0 Å². The highest BCUT2D eigenvalue weighted by atomic mass is 16.6. The first-order valence-corrected chi connectivity index (χ1v) is 6.87. The molecule has 0 saturated carbocycles. The first-order valence-electron chi connectivity index (χ1n) is 6.87. The molecule has 0 aliphatic heterocycles. The molecule has 0 spiro atoms. The Labute approximate surface area is 124 Å². The van der Waals surface area contributed by atoms with E-state index in [-0.39, 0.29) is 12.8 Å². The van der Waals surface area contributed by atoms with Crippen LogP contribution in [-0.4, -0.2) is 11.9 Å². The fourth-order valence-electron chi connectivity index (χ4n) is 2.18. The number of benzene rings is 2. The number of hydrogen-bond acceptors (Lipinski definition) is 3. The lowest BCUT2D eigenvalue weighted by molar-refractivity contribution is -0.158. The van der Waals surface area contributed by atoms with Crippen LogP contribution in [0.15, 0.2) is 48.5 Å². The number of ether oxygens (including phenoxy) is 1. The molecule has 0 heterocycles. The van der Waals surface area contributed by atoms with E-state index in [9.17, 15) is 9.59 Å². The number of carbonyl (C=O) groups is 2. The van der Waals surface area contributed by atoms with Crippen molar-refractivity contribution in [2.24, 2.45) is 0 Å². The van der Waals surface area contributed by atoms with Crippen molar-refractivity contribution in [3.05, 3.63) is 70.8 Å². The molecular formula is C18H18O3. The number of carbonyl (C=O) groups excluding carboxylic acids is 2. The Balaban J connectivity index is 1.89. The van der Waals surface area contributed by atoms with E-state index >= 15 is 0 Å². The van der Waals surface area contributed by atoms with Crippen molar-refractivity contribution in [2.45, 2.75) is 26.7 Å². The Hall–Kier alpha value is -2.42. The Morgan fingerprint density at radius 2 is 1.24 bits per heavy atom. The van der Waals surface area contributed by atoms with Gasteiger partial charge in [0.1, 0.15) is 0 Å². The second kappa shape index (κ2) is 6.84. The van der Waals surface area contributed by atoms with Gasteiger partial charge in [-0.3, -0.25) is 9.59 Å². The topological polar surface area (TPSA) is 43.4 Å². The van der Waals surface area contributed by atoms with Crippen LogP contribution in [0.1, 0.15) is 22.3 Å². The van der Waals surface area contributed by atoms with Gasteiger partial charge < -0.3 is 4.74 Å². The summed E-state index contributed by atoms with van der Waals surface area (Å²) in [5.74, 6) is -1.03. The Morgan fingerprint density at radius 3 is 1.62 bits per heavy atom. The van der Waals surface area contributed by atoms with Gasteiger partial charge in [0.05, 0.1) is 12.8 Å². The fraction of sp³-hybridized carbons (Fsp3) is 0.222. The second-order valence-corrected chi connectivity index (χ2v) is 5.18. The summed E-state index contributed by atoms with van der Waals surface area (Å²) in [5.41, 5.74) is 3.85. The van der Waals surface area contributed by atoms with Gasteiger partial charge in [0.25, 0.3) is 0 Å². The molecule has 0 amide bonds. The summed E-state index contributed by atoms with van der Waals surface area (Å²) < 4.78 is 4.86. The average molecular weight is 282 g/mol. The molecule has 3 nitrogen and oxygen atoms in total. The lowest BCUT2D eigenvalue weighted by atomic mass is 10.1. The van der Waals surface area contributed by atoms with E-state index in [2.05, 4.69) is 0 Å². The Kier molecular flexibility index (Phi) is 4.88. The van der Waals surface area contributed by atoms with Gasteiger partial charge >= 0.3 is 11.9 Å². The molecule has 108 valence electrons. The maximum Gasteiger partial charge on any atom is 0.317 e. The molecule has 0 unspecified atom stereocenters. The summed E-state index contributed by atoms with van der Waals surface area (Å²) in [6.07, 6.45) is 0.225. The first-order chi connectivity index (χ1) is 10.0. The van der Waals surface area contributed by atoms with Crippen LogP contribution in [0.2, 0.25) is 0 Å². The number of hydrogen-bond donors (Lipinski definition) is 0. The minimum Gasteiger partial charge on any atom is -0.393 e. The molecule has 2 aromatic carbocycles. The average Bonchev–Trinajstić information content (AvgIpc) is 2.38. The van der Waals surface area contributed by atoms with Crippen LogP contribution in [0.5, 0.6) is 0 Å². The molecule has 0 aliphatic carbocycles. The zero-order valence-electron chi connectivity index (χ0n) is 12.3. The lowest BCUT2D eigenvalue weighted by Crippen LogP contribution is -2.16. The van der Waals surface area contributed by atoms with Crippen molar-refractivity contribution >= 4 is 11.9 Å². The van der Waals surface area contributed by atoms with E-state index in [4.69, 9.17) is 4.74 Å². The third-order valence-electron chi connectivity index (χ3n) is 3.09. The van der Waals surface area contributed by atoms with Gasteiger partial charge in [-0.2, -0.15) is 0 Å². The third-order valence-corrected chi connectivity index (χ3v) is 3.09. The summed E-state index contributed by atoms with van der Waals surface area (Å²) in [6, 6.07) is 15.2. The largest absolute Gasteiger partial charge is 0.393 e. The van der Waals surface area contributed by atoms with Crippen molar-refractivity contribution in [1.82, 2.24) is 0 Å². The van der Waals surface area contributed by atoms with Crippen LogP contribution < -0.4 is 0 Å². The maximum absolute atomic E-state index is 11.7. The quantitative estimate of drug-likeness (QED) is 0.639. The van der Waals surface area contributed by atoms with E-state index in [1.807, 2.05) is 62.4 Å². The minimum absolute atomic E-state index is 0.112. The van der Waals surface area contributed by atoms with Crippen LogP contribution in [0.4, 0.5) is 0 Å². The molecule has 0 bridgehead atoms. The van der Waals surface area contributed by atoms with Crippen molar-refractivity contribution in [3.63, 3.8) is 0 Å². The molecule has 21 heavy (non-hydrogen) atoms. The normalized spacial score (nSPS) is 10.2. The van der Waals surface area contributed by atoms with Crippen LogP contribution in [0.3, 0.4) is 0 Å². The second-order valence-electron chi connectivity index (χ2n) is 5.18. The third kappa shape index (κ3) is 4.88. The van der Waals surface area contributed by atoms with Crippen LogP contribution in [0.25, 0.3) is 0 Å². The van der Waals surface area contributed by atoms with Gasteiger partial charge in [0.15, 0.2) is 0 Å². The summed E-state index contributed by atoms with van der Waals surface area (Å²) in [4.78, 5) is 23.5. The number of rotatable bonds is 4. The minimum atomic E-state index is -0.516. The summed E-state index contributed by atoms with van der Waals surface area (Å²) >= 11 is 0. The molecular weight excluding hydrogens is 264 g/mol. The fourth-order valence-corrected chi connectivity index (χ4v) is 2.18. The summed E-state index contributed by atoms with van der Waals surface area (Å²) in [6.45, 7) is 3.91. The van der Waals surface area contributed by atoms with E-state index in [0.717, 1.165) is 22.3 Å². The molecule has 0 atom stereocenters. The van der Waals surface area contributed by atoms with E-state index < -0.39 is 11.9 Å². The van der Waals surface area contributed by atoms with Crippen LogP contribution in [-0.2, 0) is 27.2 Å². The van der Waals surface area contributed by atoms with Gasteiger partial charge in [0.2, 0.25) is 0 Å². The SMILES string of the molecule is Cc1cccc(CC(=O)OC(=O)Cc2cccc(C)c2)c1. The van der Waals surface area contributed by atoms with Crippen LogP contribution >= 0.6 is 0 Å². The van der Waals surface area contributed by atoms with Gasteiger partial charge in [-0.15, -0.1) is 0 Å². The number of aryl methyl sites for hydroxylation is 2. The maximum atomic E-state index is 11.7. The molecule has 0 saturated heterocycles. The summed E-state index contributed by atoms with van der Waals surface area (Å²) in [7, 11) is 0. The van der Waals surface area contributed by atoms with Crippen LogP contribution in [0, 0.1) is 13.8 Å². The highest BCUT2D eigenvalue weighted by Crippen LogP contribution is 2.08. The highest BCUT2D eigenvalue weighted by molar-refractivity contribution is 5.87. The Morgan fingerprint density at radius 1 is 0.810 bits per heavy atom. The van der Waals surface area contributed by atoms with Gasteiger partial charge in [-0.25, -0.2) is 0 Å². The van der Waals surface area contributed by atoms with Crippen molar-refractivity contribution in [1.29, 1.82) is 0 Å². The molecule has 2 rings (SSSR count). The zero-order valence-corrected chi connectivity index (χ0v) is 12.3. The molecule has 0 radical (unpaired) electrons. The van der Waals surface area contributed by atoms with E-state index in [1.165, 1.54) is 0 Å². The Bertz CT molecular complexity index is 602. The van der Waals surface area contributed by atoms with E-state index in [1.54, 1.807) is 0 Å². The molecule has 0 aromatic heterocycles. The molecule has 0 fully saturated rings. The zero-order chi connectivity index (χ0) is 15.2. The first kappa shape index (κ1) is 15.0. The van der Waals surface area contributed by atoms with E-state index in [0.29, 0.717) is 0 Å². The molecule has 2 aromatic rings. The molecule has 0 N–H and O–H groups in total. The molecule has 0 aliphatic rings. The molecule has 3 heteroatoms. The lowest BCUT2D eigenvalue weighted by Gasteiger charge is -2.05.